The maximum Gasteiger partial charge on any atom is 0.220 e. The molecule has 0 aliphatic heterocycles. The standard InChI is InChI=1S/C9H18N2O/c1-2-11-8-5-3-4-7(6-8)9(10)12/h7-8,11H,2-6H2,1H3,(H2,10,12)/t7-,8+/m1/s1. The molecule has 2 atom stereocenters. The molecule has 3 nitrogen and oxygen atoms in total. The molecule has 0 aromatic heterocycles. The molecule has 0 heterocycles. The Hall–Kier alpha value is -0.570. The molecule has 0 saturated heterocycles. The van der Waals surface area contributed by atoms with Gasteiger partial charge in [0.2, 0.25) is 5.91 Å². The van der Waals surface area contributed by atoms with Gasteiger partial charge in [-0.15, -0.1) is 0 Å². The van der Waals surface area contributed by atoms with Gasteiger partial charge in [-0.25, -0.2) is 0 Å². The molecule has 0 aromatic rings. The van der Waals surface area contributed by atoms with Gasteiger partial charge in [-0.05, 0) is 25.8 Å². The maximum absolute atomic E-state index is 10.9. The van der Waals surface area contributed by atoms with Gasteiger partial charge in [0.05, 0.1) is 0 Å². The van der Waals surface area contributed by atoms with Crippen LogP contribution in [0, 0.1) is 5.92 Å². The van der Waals surface area contributed by atoms with E-state index in [2.05, 4.69) is 12.2 Å². The Kier molecular flexibility index (Phi) is 3.53. The summed E-state index contributed by atoms with van der Waals surface area (Å²) in [5.41, 5.74) is 5.26. The van der Waals surface area contributed by atoms with Gasteiger partial charge < -0.3 is 11.1 Å². The van der Waals surface area contributed by atoms with Gasteiger partial charge in [0.25, 0.3) is 0 Å². The number of hydrogen-bond donors (Lipinski definition) is 2. The van der Waals surface area contributed by atoms with E-state index in [1.165, 1.54) is 6.42 Å². The first-order valence-corrected chi connectivity index (χ1v) is 4.76. The molecular weight excluding hydrogens is 152 g/mol. The molecule has 1 amide bonds. The van der Waals surface area contributed by atoms with E-state index in [1.54, 1.807) is 0 Å². The normalized spacial score (nSPS) is 30.1. The van der Waals surface area contributed by atoms with Gasteiger partial charge in [0.1, 0.15) is 0 Å². The van der Waals surface area contributed by atoms with Crippen molar-refractivity contribution in [1.82, 2.24) is 5.32 Å². The zero-order valence-electron chi connectivity index (χ0n) is 7.68. The largest absolute Gasteiger partial charge is 0.369 e. The van der Waals surface area contributed by atoms with Gasteiger partial charge in [-0.2, -0.15) is 0 Å². The maximum atomic E-state index is 10.9. The molecular formula is C9H18N2O. The Morgan fingerprint density at radius 1 is 1.58 bits per heavy atom. The van der Waals surface area contributed by atoms with E-state index in [9.17, 15) is 4.79 Å². The zero-order chi connectivity index (χ0) is 8.97. The van der Waals surface area contributed by atoms with Crippen molar-refractivity contribution in [3.05, 3.63) is 0 Å². The Bertz CT molecular complexity index is 157. The number of hydrogen-bond acceptors (Lipinski definition) is 2. The van der Waals surface area contributed by atoms with E-state index in [-0.39, 0.29) is 11.8 Å². The molecule has 1 aliphatic rings. The van der Waals surface area contributed by atoms with Crippen molar-refractivity contribution in [2.75, 3.05) is 6.54 Å². The van der Waals surface area contributed by atoms with Crippen LogP contribution in [0.5, 0.6) is 0 Å². The van der Waals surface area contributed by atoms with Crippen LogP contribution in [-0.4, -0.2) is 18.5 Å². The van der Waals surface area contributed by atoms with Crippen molar-refractivity contribution in [3.8, 4) is 0 Å². The van der Waals surface area contributed by atoms with Crippen molar-refractivity contribution in [2.24, 2.45) is 11.7 Å². The minimum absolute atomic E-state index is 0.114. The minimum Gasteiger partial charge on any atom is -0.369 e. The topological polar surface area (TPSA) is 55.1 Å². The third kappa shape index (κ3) is 2.48. The highest BCUT2D eigenvalue weighted by Crippen LogP contribution is 2.23. The number of nitrogens with one attached hydrogen (secondary N) is 1. The summed E-state index contributed by atoms with van der Waals surface area (Å²) in [4.78, 5) is 10.9. The van der Waals surface area contributed by atoms with Crippen LogP contribution >= 0.6 is 0 Å². The quantitative estimate of drug-likeness (QED) is 0.653. The van der Waals surface area contributed by atoms with Crippen LogP contribution in [0.4, 0.5) is 0 Å². The molecule has 1 aliphatic carbocycles. The summed E-state index contributed by atoms with van der Waals surface area (Å²) in [6, 6.07) is 0.515. The minimum atomic E-state index is -0.127. The fraction of sp³-hybridized carbons (Fsp3) is 0.889. The summed E-state index contributed by atoms with van der Waals surface area (Å²) < 4.78 is 0. The van der Waals surface area contributed by atoms with Gasteiger partial charge in [0.15, 0.2) is 0 Å². The third-order valence-corrected chi connectivity index (χ3v) is 2.57. The lowest BCUT2D eigenvalue weighted by Gasteiger charge is -2.27. The SMILES string of the molecule is CCN[C@H]1CCC[C@@H](C(N)=O)C1. The van der Waals surface area contributed by atoms with Crippen molar-refractivity contribution in [3.63, 3.8) is 0 Å². The number of carbonyl (C=O) groups excluding carboxylic acids is 1. The lowest BCUT2D eigenvalue weighted by Crippen LogP contribution is -2.38. The number of rotatable bonds is 3. The first-order valence-electron chi connectivity index (χ1n) is 4.76. The lowest BCUT2D eigenvalue weighted by atomic mass is 9.85. The Morgan fingerprint density at radius 3 is 2.92 bits per heavy atom. The molecule has 1 rings (SSSR count). The molecule has 0 radical (unpaired) electrons. The summed E-state index contributed by atoms with van der Waals surface area (Å²) >= 11 is 0. The first kappa shape index (κ1) is 9.52. The predicted molar refractivity (Wildman–Crippen MR) is 48.6 cm³/mol. The molecule has 12 heavy (non-hydrogen) atoms. The Labute approximate surface area is 73.7 Å². The van der Waals surface area contributed by atoms with Crippen LogP contribution < -0.4 is 11.1 Å². The molecule has 3 heteroatoms. The van der Waals surface area contributed by atoms with Crippen LogP contribution in [-0.2, 0) is 4.79 Å². The first-order chi connectivity index (χ1) is 5.74. The Balaban J connectivity index is 2.35. The average Bonchev–Trinajstić information content (AvgIpc) is 2.05. The highest BCUT2D eigenvalue weighted by Gasteiger charge is 2.24. The van der Waals surface area contributed by atoms with Gasteiger partial charge in [-0.1, -0.05) is 13.3 Å². The predicted octanol–water partition coefficient (Wildman–Crippen LogP) is 0.640. The monoisotopic (exact) mass is 170 g/mol. The fourth-order valence-corrected chi connectivity index (χ4v) is 1.92. The van der Waals surface area contributed by atoms with Gasteiger partial charge in [0, 0.05) is 12.0 Å². The fourth-order valence-electron chi connectivity index (χ4n) is 1.92. The van der Waals surface area contributed by atoms with E-state index in [0.29, 0.717) is 6.04 Å². The summed E-state index contributed by atoms with van der Waals surface area (Å²) in [5, 5.41) is 3.36. The number of amides is 1. The van der Waals surface area contributed by atoms with Gasteiger partial charge in [-0.3, -0.25) is 4.79 Å². The Morgan fingerprint density at radius 2 is 2.33 bits per heavy atom. The second kappa shape index (κ2) is 4.45. The molecule has 1 fully saturated rings. The number of primary amides is 1. The van der Waals surface area contributed by atoms with E-state index in [1.807, 2.05) is 0 Å². The van der Waals surface area contributed by atoms with E-state index >= 15 is 0 Å². The van der Waals surface area contributed by atoms with E-state index in [0.717, 1.165) is 25.8 Å². The molecule has 0 spiro atoms. The molecule has 3 N–H and O–H groups in total. The zero-order valence-corrected chi connectivity index (χ0v) is 7.68. The van der Waals surface area contributed by atoms with Gasteiger partial charge >= 0.3 is 0 Å². The van der Waals surface area contributed by atoms with Crippen molar-refractivity contribution < 1.29 is 4.79 Å². The summed E-state index contributed by atoms with van der Waals surface area (Å²) in [6.45, 7) is 3.07. The summed E-state index contributed by atoms with van der Waals surface area (Å²) in [7, 11) is 0. The third-order valence-electron chi connectivity index (χ3n) is 2.57. The van der Waals surface area contributed by atoms with Crippen LogP contribution in [0.15, 0.2) is 0 Å². The highest BCUT2D eigenvalue weighted by molar-refractivity contribution is 5.76. The molecule has 1 saturated carbocycles. The lowest BCUT2D eigenvalue weighted by molar-refractivity contribution is -0.122. The highest BCUT2D eigenvalue weighted by atomic mass is 16.1. The van der Waals surface area contributed by atoms with Crippen LogP contribution in [0.1, 0.15) is 32.6 Å². The number of nitrogens with two attached hydrogens (primary N) is 1. The van der Waals surface area contributed by atoms with Crippen LogP contribution in [0.2, 0.25) is 0 Å². The summed E-state index contributed by atoms with van der Waals surface area (Å²) in [6.07, 6.45) is 4.24. The van der Waals surface area contributed by atoms with Crippen molar-refractivity contribution in [1.29, 1.82) is 0 Å². The van der Waals surface area contributed by atoms with Crippen LogP contribution in [0.3, 0.4) is 0 Å². The molecule has 70 valence electrons. The average molecular weight is 170 g/mol. The molecule has 0 unspecified atom stereocenters. The second-order valence-corrected chi connectivity index (χ2v) is 3.52. The molecule has 0 bridgehead atoms. The summed E-state index contributed by atoms with van der Waals surface area (Å²) in [5.74, 6) is -0.0135. The van der Waals surface area contributed by atoms with Crippen molar-refractivity contribution >= 4 is 5.91 Å². The van der Waals surface area contributed by atoms with E-state index in [4.69, 9.17) is 5.73 Å². The smallest absolute Gasteiger partial charge is 0.220 e. The second-order valence-electron chi connectivity index (χ2n) is 3.52. The molecule has 0 aromatic carbocycles. The van der Waals surface area contributed by atoms with Crippen LogP contribution in [0.25, 0.3) is 0 Å². The van der Waals surface area contributed by atoms with E-state index < -0.39 is 0 Å². The number of carbonyl (C=O) groups is 1. The van der Waals surface area contributed by atoms with Crippen molar-refractivity contribution in [2.45, 2.75) is 38.6 Å².